The summed E-state index contributed by atoms with van der Waals surface area (Å²) in [7, 11) is 0. The van der Waals surface area contributed by atoms with Crippen LogP contribution in [-0.2, 0) is 0 Å². The molecule has 1 saturated carbocycles. The summed E-state index contributed by atoms with van der Waals surface area (Å²) in [6, 6.07) is 10.3. The zero-order chi connectivity index (χ0) is 14.7. The molecule has 1 heteroatoms. The first-order chi connectivity index (χ1) is 10.3. The van der Waals surface area contributed by atoms with E-state index in [0.717, 1.165) is 11.5 Å². The van der Waals surface area contributed by atoms with Crippen molar-refractivity contribution in [2.45, 2.75) is 58.0 Å². The average Bonchev–Trinajstić information content (AvgIpc) is 3.08. The van der Waals surface area contributed by atoms with Gasteiger partial charge in [0, 0.05) is 5.92 Å². The highest BCUT2D eigenvalue weighted by atomic mass is 16.3. The molecule has 1 N–H and O–H groups in total. The van der Waals surface area contributed by atoms with Crippen LogP contribution in [0.2, 0.25) is 0 Å². The van der Waals surface area contributed by atoms with Gasteiger partial charge in [0.15, 0.2) is 0 Å². The van der Waals surface area contributed by atoms with Crippen molar-refractivity contribution in [3.05, 3.63) is 47.5 Å². The molecule has 114 valence electrons. The molecule has 2 aliphatic rings. The zero-order valence-corrected chi connectivity index (χ0v) is 13.2. The largest absolute Gasteiger partial charge is 0.388 e. The Bertz CT molecular complexity index is 476. The molecule has 1 unspecified atom stereocenters. The van der Waals surface area contributed by atoms with Gasteiger partial charge in [-0.15, -0.1) is 0 Å². The summed E-state index contributed by atoms with van der Waals surface area (Å²) < 4.78 is 0. The SMILES string of the molecule is CCCCCC1=C[C@H]2CCC[C@H]2[C@@H]1C(O)c1ccccc1. The van der Waals surface area contributed by atoms with Crippen molar-refractivity contribution >= 4 is 0 Å². The second-order valence-corrected chi connectivity index (χ2v) is 6.84. The number of fused-ring (bicyclic) bond motifs is 1. The van der Waals surface area contributed by atoms with Crippen molar-refractivity contribution in [1.29, 1.82) is 0 Å². The van der Waals surface area contributed by atoms with Crippen molar-refractivity contribution < 1.29 is 5.11 Å². The highest BCUT2D eigenvalue weighted by Gasteiger charge is 2.43. The van der Waals surface area contributed by atoms with E-state index in [-0.39, 0.29) is 6.10 Å². The van der Waals surface area contributed by atoms with Crippen LogP contribution in [0.3, 0.4) is 0 Å². The summed E-state index contributed by atoms with van der Waals surface area (Å²) in [5, 5.41) is 11.0. The molecule has 1 fully saturated rings. The number of hydrogen-bond acceptors (Lipinski definition) is 1. The van der Waals surface area contributed by atoms with E-state index < -0.39 is 0 Å². The molecule has 0 bridgehead atoms. The first kappa shape index (κ1) is 14.8. The summed E-state index contributed by atoms with van der Waals surface area (Å²) in [6.45, 7) is 2.26. The van der Waals surface area contributed by atoms with Crippen LogP contribution in [0.5, 0.6) is 0 Å². The number of rotatable bonds is 6. The highest BCUT2D eigenvalue weighted by Crippen LogP contribution is 2.52. The fraction of sp³-hybridized carbons (Fsp3) is 0.600. The number of unbranched alkanes of at least 4 members (excludes halogenated alkanes) is 2. The Morgan fingerprint density at radius 1 is 1.14 bits per heavy atom. The van der Waals surface area contributed by atoms with Gasteiger partial charge in [0.1, 0.15) is 0 Å². The Morgan fingerprint density at radius 3 is 2.71 bits per heavy atom. The van der Waals surface area contributed by atoms with Gasteiger partial charge < -0.3 is 5.11 Å². The molecule has 4 atom stereocenters. The normalized spacial score (nSPS) is 29.2. The number of hydrogen-bond donors (Lipinski definition) is 1. The zero-order valence-electron chi connectivity index (χ0n) is 13.2. The van der Waals surface area contributed by atoms with E-state index in [1.807, 2.05) is 18.2 Å². The van der Waals surface area contributed by atoms with Crippen LogP contribution in [0.4, 0.5) is 0 Å². The van der Waals surface area contributed by atoms with Crippen LogP contribution in [0.25, 0.3) is 0 Å². The molecule has 1 aromatic rings. The Balaban J connectivity index is 1.78. The molecule has 3 rings (SSSR count). The van der Waals surface area contributed by atoms with Crippen LogP contribution in [0.15, 0.2) is 42.0 Å². The highest BCUT2D eigenvalue weighted by molar-refractivity contribution is 5.27. The third kappa shape index (κ3) is 3.08. The summed E-state index contributed by atoms with van der Waals surface area (Å²) >= 11 is 0. The lowest BCUT2D eigenvalue weighted by Gasteiger charge is -2.28. The second kappa shape index (κ2) is 6.79. The summed E-state index contributed by atoms with van der Waals surface area (Å²) in [6.07, 6.45) is 11.2. The Morgan fingerprint density at radius 2 is 1.95 bits per heavy atom. The van der Waals surface area contributed by atoms with Crippen molar-refractivity contribution in [1.82, 2.24) is 0 Å². The predicted octanol–water partition coefficient (Wildman–Crippen LogP) is 5.27. The monoisotopic (exact) mass is 284 g/mol. The number of aliphatic hydroxyl groups is 1. The molecule has 1 nitrogen and oxygen atoms in total. The minimum atomic E-state index is -0.313. The van der Waals surface area contributed by atoms with E-state index in [1.165, 1.54) is 44.9 Å². The molecule has 0 amide bonds. The second-order valence-electron chi connectivity index (χ2n) is 6.84. The minimum Gasteiger partial charge on any atom is -0.388 e. The van der Waals surface area contributed by atoms with Crippen LogP contribution in [0.1, 0.15) is 63.5 Å². The van der Waals surface area contributed by atoms with Crippen LogP contribution in [-0.4, -0.2) is 5.11 Å². The van der Waals surface area contributed by atoms with Crippen molar-refractivity contribution in [3.8, 4) is 0 Å². The van der Waals surface area contributed by atoms with Crippen LogP contribution < -0.4 is 0 Å². The molecule has 0 aromatic heterocycles. The van der Waals surface area contributed by atoms with Gasteiger partial charge in [-0.25, -0.2) is 0 Å². The molecule has 0 radical (unpaired) electrons. The smallest absolute Gasteiger partial charge is 0.0858 e. The molecular formula is C20H28O. The van der Waals surface area contributed by atoms with Gasteiger partial charge >= 0.3 is 0 Å². The van der Waals surface area contributed by atoms with E-state index in [9.17, 15) is 5.11 Å². The maximum absolute atomic E-state index is 11.0. The minimum absolute atomic E-state index is 0.313. The van der Waals surface area contributed by atoms with E-state index in [1.54, 1.807) is 5.57 Å². The van der Waals surface area contributed by atoms with Crippen molar-refractivity contribution in [2.75, 3.05) is 0 Å². The van der Waals surface area contributed by atoms with Gasteiger partial charge in [-0.2, -0.15) is 0 Å². The third-order valence-corrected chi connectivity index (χ3v) is 5.49. The molecule has 2 aliphatic carbocycles. The first-order valence-corrected chi connectivity index (χ1v) is 8.75. The van der Waals surface area contributed by atoms with Crippen LogP contribution >= 0.6 is 0 Å². The maximum atomic E-state index is 11.0. The summed E-state index contributed by atoms with van der Waals surface area (Å²) in [5.74, 6) is 1.80. The predicted molar refractivity (Wildman–Crippen MR) is 87.9 cm³/mol. The van der Waals surface area contributed by atoms with Gasteiger partial charge in [0.2, 0.25) is 0 Å². The van der Waals surface area contributed by atoms with Crippen molar-refractivity contribution in [2.24, 2.45) is 17.8 Å². The quantitative estimate of drug-likeness (QED) is 0.557. The van der Waals surface area contributed by atoms with Crippen molar-refractivity contribution in [3.63, 3.8) is 0 Å². The lowest BCUT2D eigenvalue weighted by molar-refractivity contribution is 0.0923. The summed E-state index contributed by atoms with van der Waals surface area (Å²) in [4.78, 5) is 0. The number of benzene rings is 1. The lowest BCUT2D eigenvalue weighted by Crippen LogP contribution is -2.21. The van der Waals surface area contributed by atoms with E-state index >= 15 is 0 Å². The Labute approximate surface area is 129 Å². The van der Waals surface area contributed by atoms with E-state index in [4.69, 9.17) is 0 Å². The van der Waals surface area contributed by atoms with Gasteiger partial charge in [-0.05, 0) is 43.1 Å². The molecule has 1 aromatic carbocycles. The van der Waals surface area contributed by atoms with Crippen LogP contribution in [0, 0.1) is 17.8 Å². The fourth-order valence-electron chi connectivity index (χ4n) is 4.45. The Kier molecular flexibility index (Phi) is 4.80. The molecule has 0 saturated heterocycles. The Hall–Kier alpha value is -1.08. The topological polar surface area (TPSA) is 20.2 Å². The van der Waals surface area contributed by atoms with E-state index in [2.05, 4.69) is 25.1 Å². The maximum Gasteiger partial charge on any atom is 0.0858 e. The molecule has 0 heterocycles. The molecular weight excluding hydrogens is 256 g/mol. The third-order valence-electron chi connectivity index (χ3n) is 5.49. The van der Waals surface area contributed by atoms with Gasteiger partial charge in [-0.1, -0.05) is 68.2 Å². The fourth-order valence-corrected chi connectivity index (χ4v) is 4.45. The number of aliphatic hydroxyl groups excluding tert-OH is 1. The molecule has 21 heavy (non-hydrogen) atoms. The standard InChI is InChI=1S/C20H28O/c1-2-3-5-11-17-14-16-12-8-13-18(16)19(17)20(21)15-9-6-4-7-10-15/h4,6-7,9-10,14,16,18-21H,2-3,5,8,11-13H2,1H3/t16-,18-,19-,20?/m1/s1. The van der Waals surface area contributed by atoms with Gasteiger partial charge in [0.25, 0.3) is 0 Å². The first-order valence-electron chi connectivity index (χ1n) is 8.75. The molecule has 0 aliphatic heterocycles. The lowest BCUT2D eigenvalue weighted by atomic mass is 9.80. The average molecular weight is 284 g/mol. The molecule has 0 spiro atoms. The van der Waals surface area contributed by atoms with Gasteiger partial charge in [-0.3, -0.25) is 0 Å². The summed E-state index contributed by atoms with van der Waals surface area (Å²) in [5.41, 5.74) is 2.64. The van der Waals surface area contributed by atoms with Gasteiger partial charge in [0.05, 0.1) is 6.10 Å². The number of allylic oxidation sites excluding steroid dienone is 1. The van der Waals surface area contributed by atoms with E-state index in [0.29, 0.717) is 11.8 Å².